The molecular weight excluding hydrogens is 172 g/mol. The zero-order chi connectivity index (χ0) is 9.28. The second-order valence-corrected chi connectivity index (χ2v) is 4.79. The molecule has 0 heterocycles. The normalized spacial score (nSPS) is 17.4. The molecule has 0 saturated heterocycles. The van der Waals surface area contributed by atoms with E-state index in [4.69, 9.17) is 10.2 Å². The third-order valence-corrected chi connectivity index (χ3v) is 3.53. The number of aliphatic carboxylic acids is 1. The summed E-state index contributed by atoms with van der Waals surface area (Å²) in [7, 11) is -3.94. The van der Waals surface area contributed by atoms with Gasteiger partial charge in [-0.1, -0.05) is 6.92 Å². The van der Waals surface area contributed by atoms with E-state index < -0.39 is 26.5 Å². The quantitative estimate of drug-likeness (QED) is 0.597. The van der Waals surface area contributed by atoms with Crippen molar-refractivity contribution in [2.75, 3.05) is 5.75 Å². The Kier molecular flexibility index (Phi) is 2.63. The Morgan fingerprint density at radius 2 is 1.91 bits per heavy atom. The van der Waals surface area contributed by atoms with E-state index in [9.17, 15) is 13.2 Å². The highest BCUT2D eigenvalue weighted by molar-refractivity contribution is 7.93. The molecule has 0 aromatic heterocycles. The molecule has 0 aliphatic carbocycles. The summed E-state index contributed by atoms with van der Waals surface area (Å²) in [6, 6.07) is 0. The van der Waals surface area contributed by atoms with Gasteiger partial charge in [-0.2, -0.15) is 0 Å². The largest absolute Gasteiger partial charge is 0.478 e. The van der Waals surface area contributed by atoms with Crippen molar-refractivity contribution in [2.45, 2.75) is 18.8 Å². The number of carboxylic acid groups (broad SMARTS) is 1. The van der Waals surface area contributed by atoms with Crippen LogP contribution in [0.4, 0.5) is 0 Å². The first-order valence-electron chi connectivity index (χ1n) is 2.93. The van der Waals surface area contributed by atoms with Crippen LogP contribution in [0.25, 0.3) is 0 Å². The van der Waals surface area contributed by atoms with E-state index >= 15 is 0 Å². The van der Waals surface area contributed by atoms with Crippen molar-refractivity contribution in [3.05, 3.63) is 0 Å². The van der Waals surface area contributed by atoms with E-state index in [0.717, 1.165) is 6.92 Å². The lowest BCUT2D eigenvalue weighted by atomic mass is 10.4. The average Bonchev–Trinajstić information content (AvgIpc) is 1.87. The van der Waals surface area contributed by atoms with Crippen LogP contribution in [-0.4, -0.2) is 35.3 Å². The summed E-state index contributed by atoms with van der Waals surface area (Å²) in [6.07, 6.45) is 0. The second kappa shape index (κ2) is 2.78. The van der Waals surface area contributed by atoms with E-state index in [0.29, 0.717) is 0 Å². The first-order chi connectivity index (χ1) is 4.75. The molecule has 0 bridgehead atoms. The fourth-order valence-electron chi connectivity index (χ4n) is 0.414. The molecule has 6 heteroatoms. The van der Waals surface area contributed by atoms with Crippen molar-refractivity contribution >= 4 is 15.8 Å². The molecule has 0 amide bonds. The Balaban J connectivity index is 5.01. The predicted octanol–water partition coefficient (Wildman–Crippen LogP) is -0.786. The maximum absolute atomic E-state index is 10.8. The summed E-state index contributed by atoms with van der Waals surface area (Å²) in [6.45, 7) is 2.01. The van der Waals surface area contributed by atoms with Gasteiger partial charge in [0.2, 0.25) is 0 Å². The lowest BCUT2D eigenvalue weighted by molar-refractivity contribution is -0.148. The summed E-state index contributed by atoms with van der Waals surface area (Å²) in [5, 5.41) is 17.2. The molecule has 0 saturated carbocycles. The Hall–Kier alpha value is -0.620. The number of carboxylic acids is 1. The predicted molar refractivity (Wildman–Crippen MR) is 37.7 cm³/mol. The first kappa shape index (κ1) is 10.4. The first-order valence-corrected chi connectivity index (χ1v) is 4.59. The zero-order valence-corrected chi connectivity index (χ0v) is 7.05. The van der Waals surface area contributed by atoms with Crippen LogP contribution in [0.3, 0.4) is 0 Å². The van der Waals surface area contributed by atoms with E-state index in [1.54, 1.807) is 0 Å². The van der Waals surface area contributed by atoms with E-state index in [2.05, 4.69) is 0 Å². The molecule has 0 aromatic carbocycles. The Morgan fingerprint density at radius 1 is 1.55 bits per heavy atom. The van der Waals surface area contributed by atoms with Gasteiger partial charge in [-0.25, -0.2) is 13.2 Å². The molecule has 2 N–H and O–H groups in total. The summed E-state index contributed by atoms with van der Waals surface area (Å²) in [5.74, 6) is -2.15. The molecule has 0 fully saturated rings. The van der Waals surface area contributed by atoms with E-state index in [-0.39, 0.29) is 0 Å². The van der Waals surface area contributed by atoms with Crippen molar-refractivity contribution in [1.82, 2.24) is 0 Å². The SMILES string of the molecule is CCS(=O)(=O)C(C)(O)C(=O)O. The fourth-order valence-corrected chi connectivity index (χ4v) is 1.24. The number of hydrogen-bond donors (Lipinski definition) is 2. The lowest BCUT2D eigenvalue weighted by Gasteiger charge is -2.16. The summed E-state index contributed by atoms with van der Waals surface area (Å²) in [5.41, 5.74) is 0. The van der Waals surface area contributed by atoms with Crippen LogP contribution in [0.5, 0.6) is 0 Å². The molecule has 1 unspecified atom stereocenters. The average molecular weight is 182 g/mol. The minimum absolute atomic E-state index is 0.397. The van der Waals surface area contributed by atoms with Crippen LogP contribution >= 0.6 is 0 Å². The van der Waals surface area contributed by atoms with Crippen LogP contribution in [0.1, 0.15) is 13.8 Å². The van der Waals surface area contributed by atoms with Gasteiger partial charge in [0.25, 0.3) is 4.93 Å². The van der Waals surface area contributed by atoms with Gasteiger partial charge in [0, 0.05) is 0 Å². The molecule has 1 atom stereocenters. The molecule has 66 valence electrons. The van der Waals surface area contributed by atoms with Gasteiger partial charge in [0.05, 0.1) is 5.75 Å². The topological polar surface area (TPSA) is 91.7 Å². The minimum Gasteiger partial charge on any atom is -0.478 e. The molecule has 0 aliphatic heterocycles. The number of rotatable bonds is 3. The van der Waals surface area contributed by atoms with Crippen molar-refractivity contribution in [3.8, 4) is 0 Å². The minimum atomic E-state index is -3.94. The van der Waals surface area contributed by atoms with Crippen molar-refractivity contribution in [1.29, 1.82) is 0 Å². The molecule has 0 radical (unpaired) electrons. The maximum atomic E-state index is 10.8. The summed E-state index contributed by atoms with van der Waals surface area (Å²) in [4.78, 5) is 7.53. The number of sulfone groups is 1. The van der Waals surface area contributed by atoms with Gasteiger partial charge in [0.15, 0.2) is 9.84 Å². The van der Waals surface area contributed by atoms with E-state index in [1.165, 1.54) is 6.92 Å². The third kappa shape index (κ3) is 1.69. The van der Waals surface area contributed by atoms with Crippen LogP contribution in [-0.2, 0) is 14.6 Å². The molecule has 0 spiro atoms. The number of hydrogen-bond acceptors (Lipinski definition) is 4. The van der Waals surface area contributed by atoms with Gasteiger partial charge in [-0.15, -0.1) is 0 Å². The van der Waals surface area contributed by atoms with Crippen LogP contribution < -0.4 is 0 Å². The number of carbonyl (C=O) groups is 1. The molecule has 0 rings (SSSR count). The van der Waals surface area contributed by atoms with Crippen LogP contribution in [0, 0.1) is 0 Å². The lowest BCUT2D eigenvalue weighted by Crippen LogP contribution is -2.44. The molecule has 0 aromatic rings. The van der Waals surface area contributed by atoms with Crippen LogP contribution in [0.15, 0.2) is 0 Å². The Labute approximate surface area is 64.6 Å². The molecule has 0 aliphatic rings. The van der Waals surface area contributed by atoms with Gasteiger partial charge in [-0.3, -0.25) is 0 Å². The highest BCUT2D eigenvalue weighted by Crippen LogP contribution is 2.13. The standard InChI is InChI=1S/C5H10O5S/c1-3-11(9,10)5(2,8)4(6)7/h8H,3H2,1-2H3,(H,6,7). The smallest absolute Gasteiger partial charge is 0.351 e. The van der Waals surface area contributed by atoms with Crippen molar-refractivity contribution < 1.29 is 23.4 Å². The molecular formula is C5H10O5S. The van der Waals surface area contributed by atoms with Gasteiger partial charge in [0.1, 0.15) is 0 Å². The van der Waals surface area contributed by atoms with Crippen molar-refractivity contribution in [3.63, 3.8) is 0 Å². The van der Waals surface area contributed by atoms with Crippen LogP contribution in [0.2, 0.25) is 0 Å². The number of aliphatic hydroxyl groups is 1. The van der Waals surface area contributed by atoms with Gasteiger partial charge >= 0.3 is 5.97 Å². The zero-order valence-electron chi connectivity index (χ0n) is 6.23. The highest BCUT2D eigenvalue weighted by Gasteiger charge is 2.43. The third-order valence-electron chi connectivity index (χ3n) is 1.38. The molecule has 11 heavy (non-hydrogen) atoms. The van der Waals surface area contributed by atoms with Gasteiger partial charge < -0.3 is 10.2 Å². The van der Waals surface area contributed by atoms with Crippen molar-refractivity contribution in [2.24, 2.45) is 0 Å². The fraction of sp³-hybridized carbons (Fsp3) is 0.800. The van der Waals surface area contributed by atoms with E-state index in [1.807, 2.05) is 0 Å². The monoisotopic (exact) mass is 182 g/mol. The maximum Gasteiger partial charge on any atom is 0.351 e. The summed E-state index contributed by atoms with van der Waals surface area (Å²) >= 11 is 0. The molecule has 5 nitrogen and oxygen atoms in total. The Morgan fingerprint density at radius 3 is 2.00 bits per heavy atom. The highest BCUT2D eigenvalue weighted by atomic mass is 32.2. The summed E-state index contributed by atoms with van der Waals surface area (Å²) < 4.78 is 21.7. The Bertz CT molecular complexity index is 250. The van der Waals surface area contributed by atoms with Gasteiger partial charge in [-0.05, 0) is 6.92 Å². The second-order valence-electron chi connectivity index (χ2n) is 2.19.